The van der Waals surface area contributed by atoms with Crippen molar-refractivity contribution in [2.75, 3.05) is 0 Å². The summed E-state index contributed by atoms with van der Waals surface area (Å²) in [7, 11) is 0. The summed E-state index contributed by atoms with van der Waals surface area (Å²) in [6.07, 6.45) is 0. The summed E-state index contributed by atoms with van der Waals surface area (Å²) in [4.78, 5) is 0. The molecule has 0 saturated heterocycles. The highest BCUT2D eigenvalue weighted by atomic mass is 14.2. The van der Waals surface area contributed by atoms with E-state index in [1.54, 1.807) is 0 Å². The lowest BCUT2D eigenvalue weighted by atomic mass is 9.83. The van der Waals surface area contributed by atoms with Gasteiger partial charge in [0.15, 0.2) is 0 Å². The van der Waals surface area contributed by atoms with Crippen molar-refractivity contribution >= 4 is 75.4 Å². The van der Waals surface area contributed by atoms with E-state index >= 15 is 0 Å². The Morgan fingerprint density at radius 2 is 0.900 bits per heavy atom. The molecule has 8 aromatic carbocycles. The molecule has 0 spiro atoms. The van der Waals surface area contributed by atoms with E-state index in [1.165, 1.54) is 75.4 Å². The maximum absolute atomic E-state index is 2.44. The number of hydrogen-bond donors (Lipinski definition) is 0. The molecule has 0 aliphatic rings. The molecule has 8 aromatic rings. The van der Waals surface area contributed by atoms with E-state index in [4.69, 9.17) is 0 Å². The fourth-order valence-electron chi connectivity index (χ4n) is 5.90. The third kappa shape index (κ3) is 1.62. The lowest BCUT2D eigenvalue weighted by Gasteiger charge is -2.20. The summed E-state index contributed by atoms with van der Waals surface area (Å²) in [5.41, 5.74) is 0. The third-order valence-electron chi connectivity index (χ3n) is 7.08. The summed E-state index contributed by atoms with van der Waals surface area (Å²) in [5.74, 6) is 0. The maximum atomic E-state index is 2.44. The molecule has 0 atom stereocenters. The van der Waals surface area contributed by atoms with Gasteiger partial charge in [-0.2, -0.15) is 0 Å². The molecule has 0 amide bonds. The molecule has 0 N–H and O–H groups in total. The third-order valence-corrected chi connectivity index (χ3v) is 7.08. The van der Waals surface area contributed by atoms with E-state index in [0.29, 0.717) is 0 Å². The standard InChI is InChI=1S/C30H16/c1-2-9-22-17(5-1)13-14-24-23-10-4-8-19-15-21-12-11-18-6-3-7-20-16-25(29(22)24)30(27(19)23)28(21)26(18)20/h1-16H. The molecular weight excluding hydrogens is 360 g/mol. The smallest absolute Gasteiger partial charge is 0.000742 e. The molecule has 0 fully saturated rings. The molecule has 0 unspecified atom stereocenters. The molecule has 0 heterocycles. The van der Waals surface area contributed by atoms with Crippen molar-refractivity contribution < 1.29 is 0 Å². The molecule has 0 saturated carbocycles. The van der Waals surface area contributed by atoms with Gasteiger partial charge in [-0.25, -0.2) is 0 Å². The summed E-state index contributed by atoms with van der Waals surface area (Å²) in [5, 5.41) is 19.1. The van der Waals surface area contributed by atoms with E-state index < -0.39 is 0 Å². The van der Waals surface area contributed by atoms with Gasteiger partial charge in [-0.3, -0.25) is 0 Å². The van der Waals surface area contributed by atoms with Crippen LogP contribution in [-0.2, 0) is 0 Å². The van der Waals surface area contributed by atoms with E-state index in [-0.39, 0.29) is 0 Å². The molecule has 0 radical (unpaired) electrons. The average Bonchev–Trinajstić information content (AvgIpc) is 2.80. The van der Waals surface area contributed by atoms with Gasteiger partial charge in [-0.1, -0.05) is 84.9 Å². The molecular formula is C30H16. The van der Waals surface area contributed by atoms with Gasteiger partial charge in [0.05, 0.1) is 0 Å². The Morgan fingerprint density at radius 1 is 0.267 bits per heavy atom. The quantitative estimate of drug-likeness (QED) is 0.183. The minimum absolute atomic E-state index is 1.30. The van der Waals surface area contributed by atoms with Crippen LogP contribution in [0.15, 0.2) is 97.1 Å². The Hall–Kier alpha value is -3.90. The van der Waals surface area contributed by atoms with Crippen molar-refractivity contribution in [1.82, 2.24) is 0 Å². The zero-order valence-electron chi connectivity index (χ0n) is 16.2. The van der Waals surface area contributed by atoms with Crippen molar-refractivity contribution in [3.8, 4) is 0 Å². The maximum Gasteiger partial charge on any atom is -0.000742 e. The van der Waals surface area contributed by atoms with Gasteiger partial charge >= 0.3 is 0 Å². The van der Waals surface area contributed by atoms with Crippen LogP contribution in [0.1, 0.15) is 0 Å². The number of benzene rings is 8. The van der Waals surface area contributed by atoms with E-state index in [2.05, 4.69) is 97.1 Å². The Morgan fingerprint density at radius 3 is 1.87 bits per heavy atom. The highest BCUT2D eigenvalue weighted by Crippen LogP contribution is 2.47. The molecule has 30 heavy (non-hydrogen) atoms. The van der Waals surface area contributed by atoms with Crippen LogP contribution in [0.25, 0.3) is 75.4 Å². The summed E-state index contributed by atoms with van der Waals surface area (Å²) in [6, 6.07) is 36.3. The lowest BCUT2D eigenvalue weighted by molar-refractivity contribution is 1.79. The molecule has 0 bridgehead atoms. The van der Waals surface area contributed by atoms with Crippen molar-refractivity contribution in [2.24, 2.45) is 0 Å². The Kier molecular flexibility index (Phi) is 2.49. The first kappa shape index (κ1) is 15.0. The first-order valence-corrected chi connectivity index (χ1v) is 10.5. The van der Waals surface area contributed by atoms with Gasteiger partial charge in [-0.05, 0) is 87.5 Å². The second-order valence-corrected chi connectivity index (χ2v) is 8.53. The van der Waals surface area contributed by atoms with Gasteiger partial charge in [0, 0.05) is 0 Å². The summed E-state index contributed by atoms with van der Waals surface area (Å²) >= 11 is 0. The fourth-order valence-corrected chi connectivity index (χ4v) is 5.90. The lowest BCUT2D eigenvalue weighted by Crippen LogP contribution is -1.91. The molecule has 0 aromatic heterocycles. The van der Waals surface area contributed by atoms with Crippen LogP contribution in [0, 0.1) is 0 Å². The van der Waals surface area contributed by atoms with Crippen molar-refractivity contribution in [2.45, 2.75) is 0 Å². The van der Waals surface area contributed by atoms with E-state index in [9.17, 15) is 0 Å². The topological polar surface area (TPSA) is 0 Å². The molecule has 0 nitrogen and oxygen atoms in total. The van der Waals surface area contributed by atoms with Gasteiger partial charge in [0.2, 0.25) is 0 Å². The second kappa shape index (κ2) is 4.98. The van der Waals surface area contributed by atoms with Crippen LogP contribution in [-0.4, -0.2) is 0 Å². The van der Waals surface area contributed by atoms with Crippen LogP contribution < -0.4 is 0 Å². The van der Waals surface area contributed by atoms with Gasteiger partial charge in [-0.15, -0.1) is 0 Å². The van der Waals surface area contributed by atoms with Crippen molar-refractivity contribution in [3.63, 3.8) is 0 Å². The number of rotatable bonds is 0. The predicted molar refractivity (Wildman–Crippen MR) is 131 cm³/mol. The van der Waals surface area contributed by atoms with Crippen molar-refractivity contribution in [3.05, 3.63) is 97.1 Å². The SMILES string of the molecule is c1ccc2c(c1)ccc1c3cccc4cc5ccc6cccc7cc(c21)c(c43)c5c67. The van der Waals surface area contributed by atoms with Gasteiger partial charge < -0.3 is 0 Å². The Balaban J connectivity index is 1.88. The number of fused-ring (bicyclic) bond motifs is 5. The Bertz CT molecular complexity index is 1940. The minimum Gasteiger partial charge on any atom is -0.0616 e. The van der Waals surface area contributed by atoms with Crippen LogP contribution >= 0.6 is 0 Å². The van der Waals surface area contributed by atoms with E-state index in [1.807, 2.05) is 0 Å². The van der Waals surface area contributed by atoms with Gasteiger partial charge in [0.25, 0.3) is 0 Å². The molecule has 136 valence electrons. The molecule has 0 aliphatic heterocycles. The highest BCUT2D eigenvalue weighted by molar-refractivity contribution is 6.43. The second-order valence-electron chi connectivity index (χ2n) is 8.53. The molecule has 0 heteroatoms. The van der Waals surface area contributed by atoms with Crippen LogP contribution in [0.2, 0.25) is 0 Å². The molecule has 8 rings (SSSR count). The largest absolute Gasteiger partial charge is 0.0616 e. The Labute approximate surface area is 172 Å². The fraction of sp³-hybridized carbons (Fsp3) is 0. The zero-order chi connectivity index (χ0) is 19.4. The highest BCUT2D eigenvalue weighted by Gasteiger charge is 2.19. The van der Waals surface area contributed by atoms with Crippen LogP contribution in [0.5, 0.6) is 0 Å². The summed E-state index contributed by atoms with van der Waals surface area (Å²) < 4.78 is 0. The normalized spacial score (nSPS) is 12.7. The average molecular weight is 376 g/mol. The number of hydrogen-bond acceptors (Lipinski definition) is 0. The van der Waals surface area contributed by atoms with Crippen LogP contribution in [0.4, 0.5) is 0 Å². The molecule has 0 aliphatic carbocycles. The van der Waals surface area contributed by atoms with Gasteiger partial charge in [0.1, 0.15) is 0 Å². The summed E-state index contributed by atoms with van der Waals surface area (Å²) in [6.45, 7) is 0. The monoisotopic (exact) mass is 376 g/mol. The predicted octanol–water partition coefficient (Wildman–Crippen LogP) is 8.63. The minimum atomic E-state index is 1.30. The zero-order valence-corrected chi connectivity index (χ0v) is 16.2. The first-order chi connectivity index (χ1) is 14.9. The first-order valence-electron chi connectivity index (χ1n) is 10.5. The van der Waals surface area contributed by atoms with Crippen molar-refractivity contribution in [1.29, 1.82) is 0 Å². The van der Waals surface area contributed by atoms with Crippen LogP contribution in [0.3, 0.4) is 0 Å². The van der Waals surface area contributed by atoms with E-state index in [0.717, 1.165) is 0 Å².